The van der Waals surface area contributed by atoms with Gasteiger partial charge < -0.3 is 10.1 Å². The van der Waals surface area contributed by atoms with Gasteiger partial charge in [-0.15, -0.1) is 0 Å². The van der Waals surface area contributed by atoms with Crippen LogP contribution >= 0.6 is 0 Å². The van der Waals surface area contributed by atoms with E-state index in [0.29, 0.717) is 0 Å². The molecule has 20 heavy (non-hydrogen) atoms. The molecule has 0 fully saturated rings. The molecule has 0 aliphatic carbocycles. The van der Waals surface area contributed by atoms with Crippen molar-refractivity contribution in [1.82, 2.24) is 15.2 Å². The summed E-state index contributed by atoms with van der Waals surface area (Å²) < 4.78 is 5.42. The number of hydrogen-bond donors (Lipinski definition) is 1. The molecule has 1 heterocycles. The summed E-state index contributed by atoms with van der Waals surface area (Å²) in [5.41, 5.74) is 2.26. The summed E-state index contributed by atoms with van der Waals surface area (Å²) in [5.74, 6) is 0. The van der Waals surface area contributed by atoms with Gasteiger partial charge in [0.25, 0.3) is 0 Å². The Bertz CT molecular complexity index is 357. The number of likely N-dealkylation sites (N-methyl/N-ethyl adjacent to an activating group) is 1. The maximum Gasteiger partial charge on any atom is 0.0593 e. The van der Waals surface area contributed by atoms with Crippen LogP contribution in [0.15, 0.2) is 18.2 Å². The minimum atomic E-state index is 0.786. The third-order valence-electron chi connectivity index (χ3n) is 3.19. The molecule has 114 valence electrons. The van der Waals surface area contributed by atoms with Gasteiger partial charge in [-0.1, -0.05) is 19.9 Å². The van der Waals surface area contributed by atoms with Crippen molar-refractivity contribution in [3.8, 4) is 0 Å². The first-order valence-electron chi connectivity index (χ1n) is 7.75. The highest BCUT2D eigenvalue weighted by Gasteiger charge is 2.05. The second-order valence-electron chi connectivity index (χ2n) is 4.86. The molecular formula is C16H29N3O. The van der Waals surface area contributed by atoms with Gasteiger partial charge in [0.15, 0.2) is 0 Å². The standard InChI is InChI=1S/C16H29N3O/c1-4-10-17-13-15-8-7-9-16(18-15)14-19(5-2)11-12-20-6-3/h7-9,17H,4-6,10-14H2,1-3H3. The first-order chi connectivity index (χ1) is 9.80. The molecule has 0 radical (unpaired) electrons. The smallest absolute Gasteiger partial charge is 0.0593 e. The van der Waals surface area contributed by atoms with Crippen LogP contribution in [0.2, 0.25) is 0 Å². The lowest BCUT2D eigenvalue weighted by Gasteiger charge is -2.20. The van der Waals surface area contributed by atoms with E-state index in [0.717, 1.165) is 63.7 Å². The lowest BCUT2D eigenvalue weighted by atomic mass is 10.2. The summed E-state index contributed by atoms with van der Waals surface area (Å²) in [5, 5.41) is 3.39. The van der Waals surface area contributed by atoms with Crippen LogP contribution in [-0.4, -0.2) is 42.7 Å². The highest BCUT2D eigenvalue weighted by molar-refractivity contribution is 5.11. The number of rotatable bonds is 11. The van der Waals surface area contributed by atoms with Crippen molar-refractivity contribution in [3.05, 3.63) is 29.6 Å². The molecule has 0 amide bonds. The largest absolute Gasteiger partial charge is 0.380 e. The van der Waals surface area contributed by atoms with Crippen LogP contribution in [0.5, 0.6) is 0 Å². The van der Waals surface area contributed by atoms with Gasteiger partial charge in [0, 0.05) is 26.2 Å². The first-order valence-corrected chi connectivity index (χ1v) is 7.75. The minimum Gasteiger partial charge on any atom is -0.380 e. The second kappa shape index (κ2) is 10.8. The molecule has 0 bridgehead atoms. The van der Waals surface area contributed by atoms with Gasteiger partial charge >= 0.3 is 0 Å². The Morgan fingerprint density at radius 3 is 2.70 bits per heavy atom. The van der Waals surface area contributed by atoms with Gasteiger partial charge in [-0.25, -0.2) is 0 Å². The summed E-state index contributed by atoms with van der Waals surface area (Å²) >= 11 is 0. The first kappa shape index (κ1) is 17.1. The van der Waals surface area contributed by atoms with Crippen molar-refractivity contribution < 1.29 is 4.74 Å². The highest BCUT2D eigenvalue weighted by Crippen LogP contribution is 2.04. The Balaban J connectivity index is 2.46. The molecule has 0 saturated carbocycles. The molecule has 1 aromatic rings. The number of hydrogen-bond acceptors (Lipinski definition) is 4. The SMILES string of the molecule is CCCNCc1cccc(CN(CC)CCOCC)n1. The molecule has 0 saturated heterocycles. The fraction of sp³-hybridized carbons (Fsp3) is 0.688. The molecule has 0 unspecified atom stereocenters. The van der Waals surface area contributed by atoms with Crippen LogP contribution in [0, 0.1) is 0 Å². The van der Waals surface area contributed by atoms with Crippen molar-refractivity contribution in [2.75, 3.05) is 32.8 Å². The van der Waals surface area contributed by atoms with Gasteiger partial charge in [0.05, 0.1) is 18.0 Å². The van der Waals surface area contributed by atoms with Crippen LogP contribution < -0.4 is 5.32 Å². The quantitative estimate of drug-likeness (QED) is 0.631. The van der Waals surface area contributed by atoms with Gasteiger partial charge in [0.2, 0.25) is 0 Å². The topological polar surface area (TPSA) is 37.4 Å². The number of nitrogens with zero attached hydrogens (tertiary/aromatic N) is 2. The number of ether oxygens (including phenoxy) is 1. The van der Waals surface area contributed by atoms with Crippen LogP contribution in [0.1, 0.15) is 38.6 Å². The van der Waals surface area contributed by atoms with Crippen molar-refractivity contribution in [2.24, 2.45) is 0 Å². The van der Waals surface area contributed by atoms with E-state index >= 15 is 0 Å². The number of nitrogens with one attached hydrogen (secondary N) is 1. The summed E-state index contributed by atoms with van der Waals surface area (Å²) in [7, 11) is 0. The predicted octanol–water partition coefficient (Wildman–Crippen LogP) is 2.44. The van der Waals surface area contributed by atoms with Crippen molar-refractivity contribution in [2.45, 2.75) is 40.3 Å². The monoisotopic (exact) mass is 279 g/mol. The number of aromatic nitrogens is 1. The van der Waals surface area contributed by atoms with Gasteiger partial charge in [-0.05, 0) is 38.6 Å². The summed E-state index contributed by atoms with van der Waals surface area (Å²) in [6.45, 7) is 12.7. The predicted molar refractivity (Wildman–Crippen MR) is 83.7 cm³/mol. The fourth-order valence-corrected chi connectivity index (χ4v) is 2.03. The lowest BCUT2D eigenvalue weighted by Crippen LogP contribution is -2.27. The third kappa shape index (κ3) is 6.98. The fourth-order valence-electron chi connectivity index (χ4n) is 2.03. The van der Waals surface area contributed by atoms with Crippen LogP contribution in [0.4, 0.5) is 0 Å². The van der Waals surface area contributed by atoms with Crippen molar-refractivity contribution in [3.63, 3.8) is 0 Å². The molecule has 0 aliphatic rings. The van der Waals surface area contributed by atoms with Gasteiger partial charge in [-0.2, -0.15) is 0 Å². The van der Waals surface area contributed by atoms with E-state index in [2.05, 4.69) is 42.3 Å². The van der Waals surface area contributed by atoms with Gasteiger partial charge in [-0.3, -0.25) is 9.88 Å². The normalized spacial score (nSPS) is 11.2. The Hall–Kier alpha value is -0.970. The Morgan fingerprint density at radius 2 is 2.00 bits per heavy atom. The third-order valence-corrected chi connectivity index (χ3v) is 3.19. The zero-order valence-corrected chi connectivity index (χ0v) is 13.2. The van der Waals surface area contributed by atoms with E-state index < -0.39 is 0 Å². The maximum atomic E-state index is 5.42. The molecule has 4 nitrogen and oxygen atoms in total. The summed E-state index contributed by atoms with van der Waals surface area (Å²) in [4.78, 5) is 7.08. The Kier molecular flexibility index (Phi) is 9.20. The zero-order chi connectivity index (χ0) is 14.6. The van der Waals surface area contributed by atoms with E-state index in [1.807, 2.05) is 6.92 Å². The van der Waals surface area contributed by atoms with E-state index in [4.69, 9.17) is 9.72 Å². The summed E-state index contributed by atoms with van der Waals surface area (Å²) in [6.07, 6.45) is 1.15. The Morgan fingerprint density at radius 1 is 1.20 bits per heavy atom. The average Bonchev–Trinajstić information content (AvgIpc) is 2.47. The van der Waals surface area contributed by atoms with Gasteiger partial charge in [0.1, 0.15) is 0 Å². The molecule has 4 heteroatoms. The molecule has 1 aromatic heterocycles. The van der Waals surface area contributed by atoms with Crippen molar-refractivity contribution >= 4 is 0 Å². The molecule has 0 atom stereocenters. The lowest BCUT2D eigenvalue weighted by molar-refractivity contribution is 0.112. The highest BCUT2D eigenvalue weighted by atomic mass is 16.5. The number of pyridine rings is 1. The molecular weight excluding hydrogens is 250 g/mol. The van der Waals surface area contributed by atoms with Crippen molar-refractivity contribution in [1.29, 1.82) is 0 Å². The maximum absolute atomic E-state index is 5.42. The zero-order valence-electron chi connectivity index (χ0n) is 13.2. The average molecular weight is 279 g/mol. The molecule has 0 spiro atoms. The summed E-state index contributed by atoms with van der Waals surface area (Å²) in [6, 6.07) is 6.29. The van der Waals surface area contributed by atoms with Crippen LogP contribution in [0.3, 0.4) is 0 Å². The second-order valence-corrected chi connectivity index (χ2v) is 4.86. The Labute approximate surface area is 123 Å². The molecule has 0 aromatic carbocycles. The van der Waals surface area contributed by atoms with Crippen LogP contribution in [0.25, 0.3) is 0 Å². The molecule has 1 rings (SSSR count). The van der Waals surface area contributed by atoms with E-state index in [9.17, 15) is 0 Å². The minimum absolute atomic E-state index is 0.786. The van der Waals surface area contributed by atoms with E-state index in [1.165, 1.54) is 0 Å². The van der Waals surface area contributed by atoms with E-state index in [-0.39, 0.29) is 0 Å². The van der Waals surface area contributed by atoms with E-state index in [1.54, 1.807) is 0 Å². The molecule has 0 aliphatic heterocycles. The van der Waals surface area contributed by atoms with Crippen LogP contribution in [-0.2, 0) is 17.8 Å². The molecule has 1 N–H and O–H groups in total.